The van der Waals surface area contributed by atoms with Gasteiger partial charge in [-0.15, -0.1) is 0 Å². The van der Waals surface area contributed by atoms with Gasteiger partial charge >= 0.3 is 0 Å². The van der Waals surface area contributed by atoms with Crippen molar-refractivity contribution in [3.8, 4) is 0 Å². The molecule has 1 spiro atoms. The number of carbonyl (C=O) groups excluding carboxylic acids is 1. The van der Waals surface area contributed by atoms with Gasteiger partial charge in [-0.1, -0.05) is 42.5 Å². The number of hydrogen-bond donors (Lipinski definition) is 0. The van der Waals surface area contributed by atoms with Crippen LogP contribution in [0.3, 0.4) is 0 Å². The van der Waals surface area contributed by atoms with Gasteiger partial charge in [0.15, 0.2) is 5.72 Å². The molecule has 3 aliphatic heterocycles. The summed E-state index contributed by atoms with van der Waals surface area (Å²) in [4.78, 5) is 16.5. The highest BCUT2D eigenvalue weighted by molar-refractivity contribution is 5.81. The SMILES string of the molecule is O=C1C[C@H]2N(CC=Cc3ccccc3)CC[C@]23OCCN13. The van der Waals surface area contributed by atoms with Crippen molar-refractivity contribution in [2.45, 2.75) is 24.6 Å². The fraction of sp³-hybridized carbons (Fsp3) is 0.471. The maximum atomic E-state index is 12.1. The third-order valence-corrected chi connectivity index (χ3v) is 4.96. The molecule has 0 saturated carbocycles. The number of benzene rings is 1. The molecule has 3 saturated heterocycles. The molecule has 1 aromatic carbocycles. The molecular weight excluding hydrogens is 264 g/mol. The number of rotatable bonds is 3. The quantitative estimate of drug-likeness (QED) is 0.847. The molecule has 3 heterocycles. The van der Waals surface area contributed by atoms with E-state index in [1.165, 1.54) is 5.56 Å². The van der Waals surface area contributed by atoms with Crippen LogP contribution in [0.25, 0.3) is 6.08 Å². The Labute approximate surface area is 125 Å². The zero-order chi connectivity index (χ0) is 14.3. The van der Waals surface area contributed by atoms with Gasteiger partial charge in [-0.05, 0) is 5.56 Å². The Morgan fingerprint density at radius 1 is 1.29 bits per heavy atom. The third-order valence-electron chi connectivity index (χ3n) is 4.96. The van der Waals surface area contributed by atoms with Crippen molar-refractivity contribution in [2.75, 3.05) is 26.2 Å². The van der Waals surface area contributed by atoms with Gasteiger partial charge in [-0.2, -0.15) is 0 Å². The van der Waals surface area contributed by atoms with Gasteiger partial charge in [0.2, 0.25) is 5.91 Å². The fourth-order valence-corrected chi connectivity index (χ4v) is 3.98. The average molecular weight is 284 g/mol. The fourth-order valence-electron chi connectivity index (χ4n) is 3.98. The number of ether oxygens (including phenoxy) is 1. The molecule has 1 aromatic rings. The van der Waals surface area contributed by atoms with Crippen LogP contribution in [0, 0.1) is 0 Å². The van der Waals surface area contributed by atoms with Crippen LogP contribution in [0.2, 0.25) is 0 Å². The van der Waals surface area contributed by atoms with Crippen LogP contribution in [-0.2, 0) is 9.53 Å². The lowest BCUT2D eigenvalue weighted by atomic mass is 10.1. The van der Waals surface area contributed by atoms with Crippen LogP contribution < -0.4 is 0 Å². The Morgan fingerprint density at radius 2 is 2.14 bits per heavy atom. The van der Waals surface area contributed by atoms with Crippen molar-refractivity contribution in [1.29, 1.82) is 0 Å². The van der Waals surface area contributed by atoms with Gasteiger partial charge < -0.3 is 9.64 Å². The van der Waals surface area contributed by atoms with Crippen LogP contribution in [0.1, 0.15) is 18.4 Å². The van der Waals surface area contributed by atoms with E-state index in [0.717, 1.165) is 26.1 Å². The van der Waals surface area contributed by atoms with Crippen LogP contribution in [-0.4, -0.2) is 53.7 Å². The molecule has 0 N–H and O–H groups in total. The number of hydrogen-bond acceptors (Lipinski definition) is 3. The van der Waals surface area contributed by atoms with E-state index in [2.05, 4.69) is 29.2 Å². The summed E-state index contributed by atoms with van der Waals surface area (Å²) < 4.78 is 5.99. The van der Waals surface area contributed by atoms with E-state index in [0.29, 0.717) is 13.0 Å². The van der Waals surface area contributed by atoms with Crippen molar-refractivity contribution < 1.29 is 9.53 Å². The first-order valence-electron chi connectivity index (χ1n) is 7.70. The van der Waals surface area contributed by atoms with Gasteiger partial charge in [0.25, 0.3) is 0 Å². The number of amides is 1. The van der Waals surface area contributed by atoms with Crippen LogP contribution in [0.4, 0.5) is 0 Å². The second-order valence-electron chi connectivity index (χ2n) is 6.02. The lowest BCUT2D eigenvalue weighted by Crippen LogP contribution is -2.47. The summed E-state index contributed by atoms with van der Waals surface area (Å²) in [5.41, 5.74) is 0.908. The predicted octanol–water partition coefficient (Wildman–Crippen LogP) is 1.73. The number of nitrogens with zero attached hydrogens (tertiary/aromatic N) is 2. The normalized spacial score (nSPS) is 32.1. The molecule has 2 atom stereocenters. The smallest absolute Gasteiger partial charge is 0.226 e. The van der Waals surface area contributed by atoms with Crippen molar-refractivity contribution in [2.24, 2.45) is 0 Å². The van der Waals surface area contributed by atoms with E-state index in [9.17, 15) is 4.79 Å². The Kier molecular flexibility index (Phi) is 3.08. The van der Waals surface area contributed by atoms with Crippen molar-refractivity contribution >= 4 is 12.0 Å². The maximum absolute atomic E-state index is 12.1. The van der Waals surface area contributed by atoms with Gasteiger partial charge in [-0.25, -0.2) is 0 Å². The summed E-state index contributed by atoms with van der Waals surface area (Å²) in [5, 5.41) is 0. The van der Waals surface area contributed by atoms with E-state index in [1.807, 2.05) is 23.1 Å². The first-order valence-corrected chi connectivity index (χ1v) is 7.70. The monoisotopic (exact) mass is 284 g/mol. The predicted molar refractivity (Wildman–Crippen MR) is 80.5 cm³/mol. The highest BCUT2D eigenvalue weighted by Gasteiger charge is 2.61. The lowest BCUT2D eigenvalue weighted by Gasteiger charge is -2.31. The summed E-state index contributed by atoms with van der Waals surface area (Å²) in [6.45, 7) is 3.35. The second-order valence-corrected chi connectivity index (χ2v) is 6.02. The van der Waals surface area contributed by atoms with E-state index in [4.69, 9.17) is 4.74 Å². The first kappa shape index (κ1) is 13.0. The minimum atomic E-state index is -0.308. The molecule has 21 heavy (non-hydrogen) atoms. The second kappa shape index (κ2) is 4.97. The molecule has 110 valence electrons. The summed E-state index contributed by atoms with van der Waals surface area (Å²) >= 11 is 0. The number of carbonyl (C=O) groups is 1. The lowest BCUT2D eigenvalue weighted by molar-refractivity contribution is -0.136. The summed E-state index contributed by atoms with van der Waals surface area (Å²) in [5.74, 6) is 0.259. The highest BCUT2D eigenvalue weighted by atomic mass is 16.5. The average Bonchev–Trinajstić information content (AvgIpc) is 3.13. The molecule has 4 rings (SSSR count). The zero-order valence-electron chi connectivity index (χ0n) is 12.1. The zero-order valence-corrected chi connectivity index (χ0v) is 12.1. The van der Waals surface area contributed by atoms with Crippen molar-refractivity contribution in [3.05, 3.63) is 42.0 Å². The van der Waals surface area contributed by atoms with E-state index < -0.39 is 0 Å². The molecule has 4 heteroatoms. The van der Waals surface area contributed by atoms with Crippen molar-refractivity contribution in [3.63, 3.8) is 0 Å². The molecule has 1 amide bonds. The Morgan fingerprint density at radius 3 is 3.00 bits per heavy atom. The van der Waals surface area contributed by atoms with Crippen LogP contribution in [0.5, 0.6) is 0 Å². The molecule has 0 aromatic heterocycles. The molecule has 0 radical (unpaired) electrons. The first-order chi connectivity index (χ1) is 10.3. The Balaban J connectivity index is 1.46. The minimum absolute atomic E-state index is 0.230. The molecule has 0 unspecified atom stereocenters. The van der Waals surface area contributed by atoms with Gasteiger partial charge in [0.05, 0.1) is 12.6 Å². The number of likely N-dealkylation sites (tertiary alicyclic amines) is 1. The molecular formula is C17H20N2O2. The third kappa shape index (κ3) is 2.01. The van der Waals surface area contributed by atoms with E-state index in [-0.39, 0.29) is 17.7 Å². The summed E-state index contributed by atoms with van der Waals surface area (Å²) in [6, 6.07) is 10.5. The van der Waals surface area contributed by atoms with E-state index >= 15 is 0 Å². The van der Waals surface area contributed by atoms with E-state index in [1.54, 1.807) is 0 Å². The molecule has 4 nitrogen and oxygen atoms in total. The van der Waals surface area contributed by atoms with Crippen LogP contribution >= 0.6 is 0 Å². The molecule has 3 aliphatic rings. The van der Waals surface area contributed by atoms with Crippen molar-refractivity contribution in [1.82, 2.24) is 9.80 Å². The Bertz CT molecular complexity index is 571. The molecule has 0 bridgehead atoms. The minimum Gasteiger partial charge on any atom is -0.352 e. The Hall–Kier alpha value is -1.65. The largest absolute Gasteiger partial charge is 0.352 e. The van der Waals surface area contributed by atoms with Gasteiger partial charge in [0.1, 0.15) is 0 Å². The standard InChI is InChI=1S/C17H20N2O2/c20-16-13-15-17(19(16)11-12-21-17)8-10-18(15)9-4-7-14-5-2-1-3-6-14/h1-7,15H,8-13H2/t15-,17+/m1/s1. The summed E-state index contributed by atoms with van der Waals surface area (Å²) in [7, 11) is 0. The topological polar surface area (TPSA) is 32.8 Å². The summed E-state index contributed by atoms with van der Waals surface area (Å²) in [6.07, 6.45) is 5.90. The molecule has 0 aliphatic carbocycles. The maximum Gasteiger partial charge on any atom is 0.226 e. The highest BCUT2D eigenvalue weighted by Crippen LogP contribution is 2.45. The van der Waals surface area contributed by atoms with Gasteiger partial charge in [-0.3, -0.25) is 9.69 Å². The van der Waals surface area contributed by atoms with Crippen LogP contribution in [0.15, 0.2) is 36.4 Å². The van der Waals surface area contributed by atoms with Gasteiger partial charge in [0, 0.05) is 32.5 Å². The molecule has 3 fully saturated rings.